The summed E-state index contributed by atoms with van der Waals surface area (Å²) < 4.78 is 0.987. The number of hydrogen-bond donors (Lipinski definition) is 3. The number of halogens is 1. The van der Waals surface area contributed by atoms with Crippen molar-refractivity contribution >= 4 is 33.5 Å². The number of hydrogen-bond acceptors (Lipinski definition) is 2. The highest BCUT2D eigenvalue weighted by molar-refractivity contribution is 9.10. The average Bonchev–Trinajstić information content (AvgIpc) is 2.40. The van der Waals surface area contributed by atoms with Crippen molar-refractivity contribution in [2.45, 2.75) is 26.3 Å². The maximum atomic E-state index is 11.8. The molecule has 1 rings (SSSR count). The van der Waals surface area contributed by atoms with Crippen molar-refractivity contribution in [3.8, 4) is 0 Å². The van der Waals surface area contributed by atoms with Crippen molar-refractivity contribution in [2.24, 2.45) is 4.99 Å². The second-order valence-electron chi connectivity index (χ2n) is 4.60. The highest BCUT2D eigenvalue weighted by Gasteiger charge is 2.04. The minimum atomic E-state index is -0.0279. The number of nitrogens with zero attached hydrogens (tertiary/aromatic N) is 1. The molecule has 0 aliphatic rings. The van der Waals surface area contributed by atoms with E-state index in [1.807, 2.05) is 38.1 Å². The van der Waals surface area contributed by atoms with E-state index in [1.165, 1.54) is 0 Å². The van der Waals surface area contributed by atoms with Crippen molar-refractivity contribution < 1.29 is 4.79 Å². The van der Waals surface area contributed by atoms with E-state index in [0.29, 0.717) is 25.0 Å². The number of aliphatic imine (C=N–C) groups is 1. The molecule has 0 bridgehead atoms. The molecule has 5 nitrogen and oxygen atoms in total. The molecular formula is C14H21BrN4O. The predicted molar refractivity (Wildman–Crippen MR) is 87.0 cm³/mol. The van der Waals surface area contributed by atoms with Crippen LogP contribution in [0.15, 0.2) is 33.7 Å². The molecule has 20 heavy (non-hydrogen) atoms. The Morgan fingerprint density at radius 1 is 1.30 bits per heavy atom. The first kappa shape index (κ1) is 16.5. The van der Waals surface area contributed by atoms with Crippen LogP contribution in [0.3, 0.4) is 0 Å². The van der Waals surface area contributed by atoms with Gasteiger partial charge in [0.1, 0.15) is 0 Å². The number of rotatable bonds is 5. The standard InChI is InChI=1S/C14H21BrN4O/c1-10(2)18-14(16-3)17-9-8-13(20)19-12-6-4-11(15)5-7-12/h4-7,10H,8-9H2,1-3H3,(H,19,20)(H2,16,17,18). The SMILES string of the molecule is CN=C(NCCC(=O)Nc1ccc(Br)cc1)NC(C)C. The summed E-state index contributed by atoms with van der Waals surface area (Å²) in [5.41, 5.74) is 0.794. The minimum absolute atomic E-state index is 0.0279. The number of carbonyl (C=O) groups is 1. The van der Waals surface area contributed by atoms with Crippen LogP contribution in [-0.2, 0) is 4.79 Å². The molecule has 0 saturated heterocycles. The number of guanidine groups is 1. The zero-order chi connectivity index (χ0) is 15.0. The van der Waals surface area contributed by atoms with Gasteiger partial charge >= 0.3 is 0 Å². The molecule has 3 N–H and O–H groups in total. The molecule has 0 fully saturated rings. The third-order valence-electron chi connectivity index (χ3n) is 2.42. The molecule has 6 heteroatoms. The van der Waals surface area contributed by atoms with E-state index in [0.717, 1.165) is 10.2 Å². The Morgan fingerprint density at radius 3 is 2.50 bits per heavy atom. The predicted octanol–water partition coefficient (Wildman–Crippen LogP) is 2.35. The van der Waals surface area contributed by atoms with Crippen LogP contribution in [0.2, 0.25) is 0 Å². The quantitative estimate of drug-likeness (QED) is 0.569. The molecule has 1 amide bonds. The molecule has 0 spiro atoms. The molecule has 0 unspecified atom stereocenters. The maximum Gasteiger partial charge on any atom is 0.226 e. The van der Waals surface area contributed by atoms with Crippen LogP contribution in [0.4, 0.5) is 5.69 Å². The van der Waals surface area contributed by atoms with Crippen LogP contribution in [0.25, 0.3) is 0 Å². The van der Waals surface area contributed by atoms with Gasteiger partial charge in [-0.3, -0.25) is 9.79 Å². The number of anilines is 1. The average molecular weight is 341 g/mol. The zero-order valence-corrected chi connectivity index (χ0v) is 13.6. The number of amides is 1. The first-order chi connectivity index (χ1) is 9.51. The van der Waals surface area contributed by atoms with Crippen molar-refractivity contribution in [1.29, 1.82) is 0 Å². The summed E-state index contributed by atoms with van der Waals surface area (Å²) >= 11 is 3.35. The molecule has 0 saturated carbocycles. The third-order valence-corrected chi connectivity index (χ3v) is 2.95. The molecule has 1 aromatic carbocycles. The fraction of sp³-hybridized carbons (Fsp3) is 0.429. The summed E-state index contributed by atoms with van der Waals surface area (Å²) in [6.45, 7) is 4.61. The lowest BCUT2D eigenvalue weighted by Crippen LogP contribution is -2.41. The summed E-state index contributed by atoms with van der Waals surface area (Å²) in [5, 5.41) is 9.10. The first-order valence-corrected chi connectivity index (χ1v) is 7.33. The van der Waals surface area contributed by atoms with Gasteiger partial charge in [-0.05, 0) is 38.1 Å². The Balaban J connectivity index is 2.31. The number of nitrogens with one attached hydrogen (secondary N) is 3. The van der Waals surface area contributed by atoms with Crippen LogP contribution < -0.4 is 16.0 Å². The van der Waals surface area contributed by atoms with Crippen molar-refractivity contribution in [1.82, 2.24) is 10.6 Å². The lowest BCUT2D eigenvalue weighted by atomic mass is 10.3. The second kappa shape index (κ2) is 8.58. The van der Waals surface area contributed by atoms with Gasteiger partial charge in [-0.25, -0.2) is 0 Å². The molecule has 110 valence electrons. The van der Waals surface area contributed by atoms with Crippen LogP contribution >= 0.6 is 15.9 Å². The molecule has 0 aliphatic carbocycles. The largest absolute Gasteiger partial charge is 0.356 e. The van der Waals surface area contributed by atoms with Gasteiger partial charge < -0.3 is 16.0 Å². The molecule has 0 heterocycles. The van der Waals surface area contributed by atoms with Gasteiger partial charge in [-0.1, -0.05) is 15.9 Å². The topological polar surface area (TPSA) is 65.5 Å². The normalized spacial score (nSPS) is 11.3. The van der Waals surface area contributed by atoms with Crippen LogP contribution in [0, 0.1) is 0 Å². The van der Waals surface area contributed by atoms with Crippen LogP contribution in [0.1, 0.15) is 20.3 Å². The van der Waals surface area contributed by atoms with E-state index in [-0.39, 0.29) is 5.91 Å². The van der Waals surface area contributed by atoms with E-state index in [4.69, 9.17) is 0 Å². The van der Waals surface area contributed by atoms with Crippen molar-refractivity contribution in [2.75, 3.05) is 18.9 Å². The lowest BCUT2D eigenvalue weighted by molar-refractivity contribution is -0.116. The van der Waals surface area contributed by atoms with Gasteiger partial charge in [0.2, 0.25) is 5.91 Å². The van der Waals surface area contributed by atoms with Gasteiger partial charge in [0.15, 0.2) is 5.96 Å². The third kappa shape index (κ3) is 6.56. The Kier molecular flexibility index (Phi) is 7.08. The Labute approximate surface area is 128 Å². The second-order valence-corrected chi connectivity index (χ2v) is 5.52. The Bertz CT molecular complexity index is 457. The first-order valence-electron chi connectivity index (χ1n) is 6.54. The number of carbonyl (C=O) groups excluding carboxylic acids is 1. The van der Waals surface area contributed by atoms with Gasteiger partial charge in [-0.2, -0.15) is 0 Å². The maximum absolute atomic E-state index is 11.8. The van der Waals surface area contributed by atoms with Gasteiger partial charge in [0, 0.05) is 36.2 Å². The fourth-order valence-corrected chi connectivity index (χ4v) is 1.78. The van der Waals surface area contributed by atoms with E-state index in [9.17, 15) is 4.79 Å². The van der Waals surface area contributed by atoms with E-state index < -0.39 is 0 Å². The highest BCUT2D eigenvalue weighted by Crippen LogP contribution is 2.14. The fourth-order valence-electron chi connectivity index (χ4n) is 1.52. The highest BCUT2D eigenvalue weighted by atomic mass is 79.9. The lowest BCUT2D eigenvalue weighted by Gasteiger charge is -2.14. The number of benzene rings is 1. The molecule has 0 aliphatic heterocycles. The smallest absolute Gasteiger partial charge is 0.226 e. The van der Waals surface area contributed by atoms with Gasteiger partial charge in [-0.15, -0.1) is 0 Å². The monoisotopic (exact) mass is 340 g/mol. The Morgan fingerprint density at radius 2 is 1.95 bits per heavy atom. The van der Waals surface area contributed by atoms with Crippen LogP contribution in [0.5, 0.6) is 0 Å². The van der Waals surface area contributed by atoms with Gasteiger partial charge in [0.25, 0.3) is 0 Å². The molecular weight excluding hydrogens is 320 g/mol. The summed E-state index contributed by atoms with van der Waals surface area (Å²) in [5.74, 6) is 0.677. The van der Waals surface area contributed by atoms with Crippen molar-refractivity contribution in [3.63, 3.8) is 0 Å². The molecule has 0 radical (unpaired) electrons. The summed E-state index contributed by atoms with van der Waals surface area (Å²) in [7, 11) is 1.71. The van der Waals surface area contributed by atoms with Gasteiger partial charge in [0.05, 0.1) is 0 Å². The molecule has 0 aromatic heterocycles. The molecule has 1 aromatic rings. The van der Waals surface area contributed by atoms with E-state index in [1.54, 1.807) is 7.05 Å². The summed E-state index contributed by atoms with van der Waals surface area (Å²) in [6, 6.07) is 7.80. The molecule has 0 atom stereocenters. The Hall–Kier alpha value is -1.56. The van der Waals surface area contributed by atoms with E-state index in [2.05, 4.69) is 36.9 Å². The summed E-state index contributed by atoms with van der Waals surface area (Å²) in [4.78, 5) is 15.8. The summed E-state index contributed by atoms with van der Waals surface area (Å²) in [6.07, 6.45) is 0.384. The van der Waals surface area contributed by atoms with E-state index >= 15 is 0 Å². The zero-order valence-electron chi connectivity index (χ0n) is 12.0. The minimum Gasteiger partial charge on any atom is -0.356 e. The van der Waals surface area contributed by atoms with Crippen molar-refractivity contribution in [3.05, 3.63) is 28.7 Å². The van der Waals surface area contributed by atoms with Crippen LogP contribution in [-0.4, -0.2) is 31.5 Å².